The standard InChI is InChI=1S/C18H20Cl2N2O3/c1-10-7-14(17(25-4)9-13(10)20)21-11(2)18(23)22-15-8-12(19)5-6-16(15)24-3/h5-9,11,21H,1-4H3,(H,22,23). The molecule has 0 heterocycles. The molecular weight excluding hydrogens is 363 g/mol. The fourth-order valence-corrected chi connectivity index (χ4v) is 2.59. The minimum Gasteiger partial charge on any atom is -0.495 e. The van der Waals surface area contributed by atoms with Crippen LogP contribution in [0.5, 0.6) is 11.5 Å². The monoisotopic (exact) mass is 382 g/mol. The summed E-state index contributed by atoms with van der Waals surface area (Å²) in [4.78, 5) is 12.5. The van der Waals surface area contributed by atoms with E-state index in [-0.39, 0.29) is 5.91 Å². The van der Waals surface area contributed by atoms with Gasteiger partial charge in [0.2, 0.25) is 5.91 Å². The van der Waals surface area contributed by atoms with Crippen LogP contribution in [0.25, 0.3) is 0 Å². The third kappa shape index (κ3) is 4.71. The summed E-state index contributed by atoms with van der Waals surface area (Å²) in [5.41, 5.74) is 2.08. The van der Waals surface area contributed by atoms with E-state index in [1.165, 1.54) is 7.11 Å². The van der Waals surface area contributed by atoms with E-state index in [0.29, 0.717) is 32.9 Å². The number of carbonyl (C=O) groups is 1. The van der Waals surface area contributed by atoms with Gasteiger partial charge >= 0.3 is 0 Å². The molecular formula is C18H20Cl2N2O3. The molecule has 25 heavy (non-hydrogen) atoms. The van der Waals surface area contributed by atoms with E-state index in [1.807, 2.05) is 13.0 Å². The van der Waals surface area contributed by atoms with Gasteiger partial charge in [-0.2, -0.15) is 0 Å². The first-order valence-corrected chi connectivity index (χ1v) is 8.36. The molecule has 0 aromatic heterocycles. The number of hydrogen-bond donors (Lipinski definition) is 2. The molecule has 2 aromatic rings. The molecule has 5 nitrogen and oxygen atoms in total. The third-order valence-electron chi connectivity index (χ3n) is 3.67. The minimum atomic E-state index is -0.529. The number of rotatable bonds is 6. The second-order valence-electron chi connectivity index (χ2n) is 5.50. The van der Waals surface area contributed by atoms with E-state index in [0.717, 1.165) is 5.56 Å². The van der Waals surface area contributed by atoms with Crippen LogP contribution in [-0.4, -0.2) is 26.2 Å². The number of anilines is 2. The molecule has 2 rings (SSSR count). The molecule has 2 aromatic carbocycles. The summed E-state index contributed by atoms with van der Waals surface area (Å²) in [6, 6.07) is 8.05. The number of halogens is 2. The van der Waals surface area contributed by atoms with Crippen LogP contribution in [0.2, 0.25) is 10.0 Å². The van der Waals surface area contributed by atoms with Gasteiger partial charge in [-0.15, -0.1) is 0 Å². The van der Waals surface area contributed by atoms with Crippen LogP contribution < -0.4 is 20.1 Å². The van der Waals surface area contributed by atoms with Crippen molar-refractivity contribution in [3.8, 4) is 11.5 Å². The van der Waals surface area contributed by atoms with E-state index < -0.39 is 6.04 Å². The maximum absolute atomic E-state index is 12.5. The lowest BCUT2D eigenvalue weighted by Gasteiger charge is -2.19. The van der Waals surface area contributed by atoms with Crippen molar-refractivity contribution < 1.29 is 14.3 Å². The Balaban J connectivity index is 2.16. The van der Waals surface area contributed by atoms with Crippen molar-refractivity contribution in [3.05, 3.63) is 45.9 Å². The molecule has 0 aliphatic rings. The lowest BCUT2D eigenvalue weighted by molar-refractivity contribution is -0.116. The predicted molar refractivity (Wildman–Crippen MR) is 102 cm³/mol. The fourth-order valence-electron chi connectivity index (χ4n) is 2.26. The number of ether oxygens (including phenoxy) is 2. The molecule has 2 N–H and O–H groups in total. The molecule has 134 valence electrons. The summed E-state index contributed by atoms with van der Waals surface area (Å²) in [5, 5.41) is 7.05. The van der Waals surface area contributed by atoms with Crippen molar-refractivity contribution >= 4 is 40.5 Å². The van der Waals surface area contributed by atoms with Crippen molar-refractivity contribution in [2.45, 2.75) is 19.9 Å². The van der Waals surface area contributed by atoms with Gasteiger partial charge in [0, 0.05) is 16.1 Å². The molecule has 1 atom stereocenters. The number of methoxy groups -OCH3 is 2. The van der Waals surface area contributed by atoms with Crippen LogP contribution in [0, 0.1) is 6.92 Å². The van der Waals surface area contributed by atoms with Gasteiger partial charge in [0.1, 0.15) is 17.5 Å². The van der Waals surface area contributed by atoms with Crippen LogP contribution in [0.1, 0.15) is 12.5 Å². The molecule has 7 heteroatoms. The van der Waals surface area contributed by atoms with Crippen molar-refractivity contribution in [3.63, 3.8) is 0 Å². The fraction of sp³-hybridized carbons (Fsp3) is 0.278. The average Bonchev–Trinajstić information content (AvgIpc) is 2.58. The summed E-state index contributed by atoms with van der Waals surface area (Å²) in [5.74, 6) is 0.857. The number of hydrogen-bond acceptors (Lipinski definition) is 4. The van der Waals surface area contributed by atoms with Gasteiger partial charge in [0.15, 0.2) is 0 Å². The maximum Gasteiger partial charge on any atom is 0.246 e. The Morgan fingerprint density at radius 3 is 2.36 bits per heavy atom. The second kappa shape index (κ2) is 8.32. The molecule has 1 unspecified atom stereocenters. The number of carbonyl (C=O) groups excluding carboxylic acids is 1. The summed E-state index contributed by atoms with van der Waals surface area (Å²) < 4.78 is 10.6. The first-order chi connectivity index (χ1) is 11.8. The molecule has 1 amide bonds. The van der Waals surface area contributed by atoms with Crippen molar-refractivity contribution in [2.75, 3.05) is 24.9 Å². The van der Waals surface area contributed by atoms with E-state index in [9.17, 15) is 4.79 Å². The van der Waals surface area contributed by atoms with E-state index in [2.05, 4.69) is 10.6 Å². The summed E-state index contributed by atoms with van der Waals surface area (Å²) in [6.45, 7) is 3.63. The van der Waals surface area contributed by atoms with Gasteiger partial charge in [-0.1, -0.05) is 23.2 Å². The third-order valence-corrected chi connectivity index (χ3v) is 4.31. The zero-order chi connectivity index (χ0) is 18.6. The van der Waals surface area contributed by atoms with Crippen molar-refractivity contribution in [1.29, 1.82) is 0 Å². The maximum atomic E-state index is 12.5. The van der Waals surface area contributed by atoms with Crippen LogP contribution in [0.3, 0.4) is 0 Å². The molecule has 0 bridgehead atoms. The average molecular weight is 383 g/mol. The highest BCUT2D eigenvalue weighted by Gasteiger charge is 2.17. The van der Waals surface area contributed by atoms with Gasteiger partial charge in [0.25, 0.3) is 0 Å². The largest absolute Gasteiger partial charge is 0.495 e. The zero-order valence-corrected chi connectivity index (χ0v) is 16.0. The van der Waals surface area contributed by atoms with Gasteiger partial charge < -0.3 is 20.1 Å². The second-order valence-corrected chi connectivity index (χ2v) is 6.35. The molecule has 0 aliphatic carbocycles. The number of benzene rings is 2. The number of aryl methyl sites for hydroxylation is 1. The topological polar surface area (TPSA) is 59.6 Å². The van der Waals surface area contributed by atoms with E-state index in [4.69, 9.17) is 32.7 Å². The number of nitrogens with one attached hydrogen (secondary N) is 2. The Bertz CT molecular complexity index is 781. The Morgan fingerprint density at radius 2 is 1.72 bits per heavy atom. The van der Waals surface area contributed by atoms with Crippen LogP contribution >= 0.6 is 23.2 Å². The van der Waals surface area contributed by atoms with E-state index >= 15 is 0 Å². The van der Waals surface area contributed by atoms with Crippen molar-refractivity contribution in [1.82, 2.24) is 0 Å². The van der Waals surface area contributed by atoms with Gasteiger partial charge in [0.05, 0.1) is 25.6 Å². The smallest absolute Gasteiger partial charge is 0.246 e. The number of amides is 1. The highest BCUT2D eigenvalue weighted by Crippen LogP contribution is 2.32. The van der Waals surface area contributed by atoms with Gasteiger partial charge in [-0.05, 0) is 43.7 Å². The molecule has 0 radical (unpaired) electrons. The van der Waals surface area contributed by atoms with Gasteiger partial charge in [-0.25, -0.2) is 0 Å². The van der Waals surface area contributed by atoms with E-state index in [1.54, 1.807) is 38.3 Å². The summed E-state index contributed by atoms with van der Waals surface area (Å²) in [6.07, 6.45) is 0. The molecule has 0 saturated heterocycles. The molecule has 0 saturated carbocycles. The van der Waals surface area contributed by atoms with Crippen LogP contribution in [0.15, 0.2) is 30.3 Å². The lowest BCUT2D eigenvalue weighted by Crippen LogP contribution is -2.32. The Hall–Kier alpha value is -2.11. The Morgan fingerprint density at radius 1 is 1.04 bits per heavy atom. The van der Waals surface area contributed by atoms with Gasteiger partial charge in [-0.3, -0.25) is 4.79 Å². The highest BCUT2D eigenvalue weighted by molar-refractivity contribution is 6.31. The van der Waals surface area contributed by atoms with Crippen molar-refractivity contribution in [2.24, 2.45) is 0 Å². The normalized spacial score (nSPS) is 11.6. The van der Waals surface area contributed by atoms with Crippen LogP contribution in [-0.2, 0) is 4.79 Å². The first kappa shape index (κ1) is 19.2. The quantitative estimate of drug-likeness (QED) is 0.755. The molecule has 0 aliphatic heterocycles. The predicted octanol–water partition coefficient (Wildman–Crippen LogP) is 4.76. The summed E-state index contributed by atoms with van der Waals surface area (Å²) in [7, 11) is 3.08. The minimum absolute atomic E-state index is 0.241. The zero-order valence-electron chi connectivity index (χ0n) is 14.4. The Labute approximate surface area is 157 Å². The molecule has 0 fully saturated rings. The summed E-state index contributed by atoms with van der Waals surface area (Å²) >= 11 is 12.1. The van der Waals surface area contributed by atoms with Crippen LogP contribution in [0.4, 0.5) is 11.4 Å². The first-order valence-electron chi connectivity index (χ1n) is 7.60. The highest BCUT2D eigenvalue weighted by atomic mass is 35.5. The SMILES string of the molecule is COc1ccc(Cl)cc1NC(=O)C(C)Nc1cc(C)c(Cl)cc1OC. The Kier molecular flexibility index (Phi) is 6.39. The lowest BCUT2D eigenvalue weighted by atomic mass is 10.2. The molecule has 0 spiro atoms.